The van der Waals surface area contributed by atoms with Crippen LogP contribution >= 0.6 is 0 Å². The second kappa shape index (κ2) is 8.41. The van der Waals surface area contributed by atoms with E-state index in [-0.39, 0.29) is 18.4 Å². The number of phenolic OH excluding ortho intramolecular Hbond substituents is 1. The Bertz CT molecular complexity index is 684. The lowest BCUT2D eigenvalue weighted by Gasteiger charge is -2.29. The van der Waals surface area contributed by atoms with Crippen LogP contribution in [0.1, 0.15) is 45.2 Å². The summed E-state index contributed by atoms with van der Waals surface area (Å²) in [6, 6.07) is 3.70. The van der Waals surface area contributed by atoms with Gasteiger partial charge in [-0.2, -0.15) is 0 Å². The summed E-state index contributed by atoms with van der Waals surface area (Å²) < 4.78 is 10.6. The number of carbonyl (C=O) groups excluding carboxylic acids is 2. The van der Waals surface area contributed by atoms with Gasteiger partial charge in [0.05, 0.1) is 24.8 Å². The number of carbonyl (C=O) groups is 2. The van der Waals surface area contributed by atoms with Gasteiger partial charge in [0.2, 0.25) is 0 Å². The van der Waals surface area contributed by atoms with Gasteiger partial charge in [-0.05, 0) is 38.0 Å². The van der Waals surface area contributed by atoms with Crippen molar-refractivity contribution < 1.29 is 24.2 Å². The molecule has 0 aromatic heterocycles. The Morgan fingerprint density at radius 1 is 1.24 bits per heavy atom. The second-order valence-electron chi connectivity index (χ2n) is 5.55. The van der Waals surface area contributed by atoms with Crippen LogP contribution in [0.4, 0.5) is 4.79 Å². The second-order valence-corrected chi connectivity index (χ2v) is 5.55. The standard InChI is InChI=1S/C18H24N2O5/c1-4-7-12-15(17(22)25-6-3)16(20-18(23)19-12)11-8-9-13(21)14(10-11)24-5-2/h8-10,16,21H,4-7H2,1-3H3,(H2,19,20,23)/t16-/m0/s1. The molecule has 0 saturated heterocycles. The normalized spacial score (nSPS) is 16.9. The van der Waals surface area contributed by atoms with E-state index in [1.807, 2.05) is 13.8 Å². The number of phenols is 1. The highest BCUT2D eigenvalue weighted by Gasteiger charge is 2.33. The minimum atomic E-state index is -0.672. The SMILES string of the molecule is CCCC1=C(C(=O)OCC)[C@H](c2ccc(O)c(OCC)c2)NC(=O)N1. The molecule has 1 aromatic carbocycles. The molecule has 0 spiro atoms. The molecule has 1 heterocycles. The van der Waals surface area contributed by atoms with E-state index in [1.165, 1.54) is 6.07 Å². The maximum atomic E-state index is 12.5. The monoisotopic (exact) mass is 348 g/mol. The Kier molecular flexibility index (Phi) is 6.27. The molecule has 0 aliphatic carbocycles. The van der Waals surface area contributed by atoms with Crippen molar-refractivity contribution >= 4 is 12.0 Å². The molecule has 2 rings (SSSR count). The molecule has 1 atom stereocenters. The maximum absolute atomic E-state index is 12.5. The van der Waals surface area contributed by atoms with Gasteiger partial charge in [0.1, 0.15) is 0 Å². The van der Waals surface area contributed by atoms with E-state index in [0.717, 1.165) is 6.42 Å². The van der Waals surface area contributed by atoms with Crippen molar-refractivity contribution in [3.05, 3.63) is 35.0 Å². The molecule has 136 valence electrons. The van der Waals surface area contributed by atoms with E-state index in [0.29, 0.717) is 35.6 Å². The largest absolute Gasteiger partial charge is 0.504 e. The van der Waals surface area contributed by atoms with Crippen molar-refractivity contribution in [3.63, 3.8) is 0 Å². The fourth-order valence-corrected chi connectivity index (χ4v) is 2.75. The van der Waals surface area contributed by atoms with Crippen LogP contribution in [0.5, 0.6) is 11.5 Å². The summed E-state index contributed by atoms with van der Waals surface area (Å²) in [6.07, 6.45) is 1.32. The minimum absolute atomic E-state index is 0.00121. The Labute approximate surface area is 147 Å². The van der Waals surface area contributed by atoms with Crippen LogP contribution in [-0.4, -0.2) is 30.3 Å². The number of hydrogen-bond donors (Lipinski definition) is 3. The third-order valence-electron chi connectivity index (χ3n) is 3.77. The predicted octanol–water partition coefficient (Wildman–Crippen LogP) is 2.76. The lowest BCUT2D eigenvalue weighted by Crippen LogP contribution is -2.46. The predicted molar refractivity (Wildman–Crippen MR) is 92.3 cm³/mol. The number of rotatable bonds is 7. The smallest absolute Gasteiger partial charge is 0.338 e. The van der Waals surface area contributed by atoms with Gasteiger partial charge in [-0.15, -0.1) is 0 Å². The molecule has 0 unspecified atom stereocenters. The third kappa shape index (κ3) is 4.23. The van der Waals surface area contributed by atoms with Gasteiger partial charge in [0, 0.05) is 5.70 Å². The van der Waals surface area contributed by atoms with E-state index in [9.17, 15) is 14.7 Å². The van der Waals surface area contributed by atoms with Crippen LogP contribution in [0, 0.1) is 0 Å². The van der Waals surface area contributed by atoms with Gasteiger partial charge < -0.3 is 25.2 Å². The molecule has 1 aliphatic rings. The van der Waals surface area contributed by atoms with Gasteiger partial charge in [-0.3, -0.25) is 0 Å². The van der Waals surface area contributed by atoms with E-state index in [1.54, 1.807) is 19.1 Å². The van der Waals surface area contributed by atoms with Crippen molar-refractivity contribution in [2.75, 3.05) is 13.2 Å². The number of ether oxygens (including phenoxy) is 2. The van der Waals surface area contributed by atoms with Gasteiger partial charge in [-0.25, -0.2) is 9.59 Å². The van der Waals surface area contributed by atoms with Gasteiger partial charge >= 0.3 is 12.0 Å². The molecular formula is C18H24N2O5. The minimum Gasteiger partial charge on any atom is -0.504 e. The molecule has 0 radical (unpaired) electrons. The molecule has 3 N–H and O–H groups in total. The molecule has 0 bridgehead atoms. The average molecular weight is 348 g/mol. The molecular weight excluding hydrogens is 324 g/mol. The molecule has 7 heteroatoms. The molecule has 1 aliphatic heterocycles. The first-order chi connectivity index (χ1) is 12.0. The average Bonchev–Trinajstić information content (AvgIpc) is 2.57. The number of esters is 1. The lowest BCUT2D eigenvalue weighted by atomic mass is 9.93. The number of aromatic hydroxyl groups is 1. The number of benzene rings is 1. The van der Waals surface area contributed by atoms with Gasteiger partial charge in [0.25, 0.3) is 0 Å². The van der Waals surface area contributed by atoms with Crippen LogP contribution in [0.2, 0.25) is 0 Å². The highest BCUT2D eigenvalue weighted by atomic mass is 16.5. The Morgan fingerprint density at radius 2 is 2.00 bits per heavy atom. The summed E-state index contributed by atoms with van der Waals surface area (Å²) in [6.45, 7) is 6.13. The lowest BCUT2D eigenvalue weighted by molar-refractivity contribution is -0.139. The van der Waals surface area contributed by atoms with Crippen LogP contribution in [0.15, 0.2) is 29.5 Å². The number of hydrogen-bond acceptors (Lipinski definition) is 5. The fourth-order valence-electron chi connectivity index (χ4n) is 2.75. The van der Waals surface area contributed by atoms with Crippen molar-refractivity contribution in [1.29, 1.82) is 0 Å². The highest BCUT2D eigenvalue weighted by Crippen LogP contribution is 2.34. The summed E-state index contributed by atoms with van der Waals surface area (Å²) in [7, 11) is 0. The van der Waals surface area contributed by atoms with Crippen molar-refractivity contribution in [3.8, 4) is 11.5 Å². The zero-order valence-electron chi connectivity index (χ0n) is 14.7. The van der Waals surface area contributed by atoms with Crippen LogP contribution in [-0.2, 0) is 9.53 Å². The van der Waals surface area contributed by atoms with Gasteiger partial charge in [-0.1, -0.05) is 19.4 Å². The third-order valence-corrected chi connectivity index (χ3v) is 3.77. The zero-order valence-corrected chi connectivity index (χ0v) is 14.7. The quantitative estimate of drug-likeness (QED) is 0.658. The molecule has 0 fully saturated rings. The van der Waals surface area contributed by atoms with Gasteiger partial charge in [0.15, 0.2) is 11.5 Å². The summed E-state index contributed by atoms with van der Waals surface area (Å²) in [5.74, 6) is -0.177. The summed E-state index contributed by atoms with van der Waals surface area (Å²) in [5.41, 5.74) is 1.56. The summed E-state index contributed by atoms with van der Waals surface area (Å²) >= 11 is 0. The van der Waals surface area contributed by atoms with E-state index in [4.69, 9.17) is 9.47 Å². The zero-order chi connectivity index (χ0) is 18.4. The first kappa shape index (κ1) is 18.6. The number of urea groups is 1. The molecule has 7 nitrogen and oxygen atoms in total. The summed E-state index contributed by atoms with van der Waals surface area (Å²) in [4.78, 5) is 24.5. The Balaban J connectivity index is 2.51. The molecule has 0 saturated carbocycles. The maximum Gasteiger partial charge on any atom is 0.338 e. The van der Waals surface area contributed by atoms with E-state index in [2.05, 4.69) is 10.6 Å². The Morgan fingerprint density at radius 3 is 2.64 bits per heavy atom. The highest BCUT2D eigenvalue weighted by molar-refractivity contribution is 5.95. The van der Waals surface area contributed by atoms with E-state index < -0.39 is 12.0 Å². The number of amides is 2. The first-order valence-corrected chi connectivity index (χ1v) is 8.45. The van der Waals surface area contributed by atoms with Crippen LogP contribution in [0.3, 0.4) is 0 Å². The molecule has 1 aromatic rings. The topological polar surface area (TPSA) is 96.9 Å². The van der Waals surface area contributed by atoms with E-state index >= 15 is 0 Å². The summed E-state index contributed by atoms with van der Waals surface area (Å²) in [5, 5.41) is 15.3. The number of allylic oxidation sites excluding steroid dienone is 1. The van der Waals surface area contributed by atoms with Crippen LogP contribution in [0.25, 0.3) is 0 Å². The van der Waals surface area contributed by atoms with Crippen LogP contribution < -0.4 is 15.4 Å². The first-order valence-electron chi connectivity index (χ1n) is 8.45. The molecule has 25 heavy (non-hydrogen) atoms. The number of nitrogens with one attached hydrogen (secondary N) is 2. The van der Waals surface area contributed by atoms with Crippen molar-refractivity contribution in [2.24, 2.45) is 0 Å². The molecule has 2 amide bonds. The van der Waals surface area contributed by atoms with Crippen molar-refractivity contribution in [1.82, 2.24) is 10.6 Å². The Hall–Kier alpha value is -2.70. The fraction of sp³-hybridized carbons (Fsp3) is 0.444. The van der Waals surface area contributed by atoms with Crippen molar-refractivity contribution in [2.45, 2.75) is 39.7 Å².